The second-order valence-corrected chi connectivity index (χ2v) is 4.68. The minimum Gasteiger partial charge on any atom is -0.370 e. The van der Waals surface area contributed by atoms with E-state index in [9.17, 15) is 13.2 Å². The first kappa shape index (κ1) is 15.1. The second-order valence-electron chi connectivity index (χ2n) is 4.68. The zero-order valence-corrected chi connectivity index (χ0v) is 11.2. The number of nitrogens with one attached hydrogen (secondary N) is 1. The van der Waals surface area contributed by atoms with Crippen LogP contribution in [0.15, 0.2) is 30.3 Å². The fourth-order valence-electron chi connectivity index (χ4n) is 2.03. The summed E-state index contributed by atoms with van der Waals surface area (Å²) in [7, 11) is 0. The molecule has 110 valence electrons. The Labute approximate surface area is 120 Å². The molecule has 21 heavy (non-hydrogen) atoms. The summed E-state index contributed by atoms with van der Waals surface area (Å²) in [6.45, 7) is 0.395. The molecule has 2 aromatic rings. The summed E-state index contributed by atoms with van der Waals surface area (Å²) in [6, 6.07) is 11.0. The van der Waals surface area contributed by atoms with Crippen molar-refractivity contribution < 1.29 is 13.2 Å². The highest BCUT2D eigenvalue weighted by Gasteiger charge is 2.25. The number of unbranched alkanes of at least 4 members (excludes halogenated alkanes) is 1. The van der Waals surface area contributed by atoms with Crippen LogP contribution in [0.1, 0.15) is 24.8 Å². The Kier molecular flexibility index (Phi) is 4.63. The minimum absolute atomic E-state index is 0.0786. The van der Waals surface area contributed by atoms with E-state index in [2.05, 4.69) is 16.4 Å². The summed E-state index contributed by atoms with van der Waals surface area (Å²) < 4.78 is 36.0. The number of rotatable bonds is 5. The number of para-hydroxylation sites is 1. The molecule has 0 spiro atoms. The van der Waals surface area contributed by atoms with Gasteiger partial charge >= 0.3 is 6.18 Å². The largest absolute Gasteiger partial charge is 0.389 e. The first-order valence-electron chi connectivity index (χ1n) is 6.60. The maximum atomic E-state index is 12.0. The molecule has 0 unspecified atom stereocenters. The van der Waals surface area contributed by atoms with Gasteiger partial charge in [-0.25, -0.2) is 4.98 Å². The van der Waals surface area contributed by atoms with Crippen LogP contribution in [-0.4, -0.2) is 17.7 Å². The van der Waals surface area contributed by atoms with Crippen molar-refractivity contribution in [3.63, 3.8) is 0 Å². The summed E-state index contributed by atoms with van der Waals surface area (Å²) in [4.78, 5) is 4.35. The van der Waals surface area contributed by atoms with Crippen molar-refractivity contribution in [2.45, 2.75) is 25.4 Å². The molecule has 1 aromatic heterocycles. The van der Waals surface area contributed by atoms with E-state index in [0.717, 1.165) is 5.39 Å². The molecule has 0 radical (unpaired) electrons. The number of benzene rings is 1. The molecule has 0 aliphatic heterocycles. The van der Waals surface area contributed by atoms with E-state index in [4.69, 9.17) is 5.26 Å². The molecule has 1 heterocycles. The van der Waals surface area contributed by atoms with E-state index in [1.54, 1.807) is 12.1 Å². The molecule has 0 fully saturated rings. The fourth-order valence-corrected chi connectivity index (χ4v) is 2.03. The molecule has 0 bridgehead atoms. The quantitative estimate of drug-likeness (QED) is 0.838. The number of nitrogens with zero attached hydrogens (tertiary/aromatic N) is 2. The van der Waals surface area contributed by atoms with Crippen LogP contribution in [0.4, 0.5) is 19.0 Å². The van der Waals surface area contributed by atoms with Gasteiger partial charge in [-0.05, 0) is 25.0 Å². The highest BCUT2D eigenvalue weighted by Crippen LogP contribution is 2.23. The van der Waals surface area contributed by atoms with E-state index in [1.807, 2.05) is 18.2 Å². The normalized spacial score (nSPS) is 11.3. The minimum atomic E-state index is -4.10. The monoisotopic (exact) mass is 293 g/mol. The van der Waals surface area contributed by atoms with Crippen molar-refractivity contribution in [1.82, 2.24) is 4.98 Å². The molecule has 3 nitrogen and oxygen atoms in total. The highest BCUT2D eigenvalue weighted by molar-refractivity contribution is 5.86. The van der Waals surface area contributed by atoms with Gasteiger partial charge in [-0.1, -0.05) is 18.2 Å². The maximum Gasteiger partial charge on any atom is 0.389 e. The Morgan fingerprint density at radius 1 is 1.19 bits per heavy atom. The third kappa shape index (κ3) is 4.35. The van der Waals surface area contributed by atoms with E-state index in [-0.39, 0.29) is 6.42 Å². The average Bonchev–Trinajstić information content (AvgIpc) is 2.44. The summed E-state index contributed by atoms with van der Waals surface area (Å²) >= 11 is 0. The zero-order valence-electron chi connectivity index (χ0n) is 11.2. The number of hydrogen-bond acceptors (Lipinski definition) is 3. The molecule has 2 rings (SSSR count). The molecule has 0 saturated carbocycles. The Morgan fingerprint density at radius 2 is 1.95 bits per heavy atom. The van der Waals surface area contributed by atoms with Crippen molar-refractivity contribution in [1.29, 1.82) is 5.26 Å². The lowest BCUT2D eigenvalue weighted by atomic mass is 10.1. The van der Waals surface area contributed by atoms with Crippen LogP contribution >= 0.6 is 0 Å². The molecule has 1 N–H and O–H groups in total. The van der Waals surface area contributed by atoms with Gasteiger partial charge in [0.05, 0.1) is 17.1 Å². The number of anilines is 1. The number of hydrogen-bond donors (Lipinski definition) is 1. The predicted molar refractivity (Wildman–Crippen MR) is 74.9 cm³/mol. The topological polar surface area (TPSA) is 48.7 Å². The summed E-state index contributed by atoms with van der Waals surface area (Å²) in [5.74, 6) is 0.511. The molecule has 1 aromatic carbocycles. The number of pyridine rings is 1. The van der Waals surface area contributed by atoms with Crippen molar-refractivity contribution in [2.24, 2.45) is 0 Å². The van der Waals surface area contributed by atoms with Crippen LogP contribution < -0.4 is 5.32 Å². The third-order valence-corrected chi connectivity index (χ3v) is 3.03. The van der Waals surface area contributed by atoms with Gasteiger partial charge < -0.3 is 5.32 Å². The van der Waals surface area contributed by atoms with Crippen LogP contribution in [0.2, 0.25) is 0 Å². The van der Waals surface area contributed by atoms with E-state index < -0.39 is 12.6 Å². The highest BCUT2D eigenvalue weighted by atomic mass is 19.4. The van der Waals surface area contributed by atoms with Gasteiger partial charge in [-0.15, -0.1) is 0 Å². The number of alkyl halides is 3. The summed E-state index contributed by atoms with van der Waals surface area (Å²) in [6.07, 6.45) is -4.40. The van der Waals surface area contributed by atoms with Gasteiger partial charge in [-0.3, -0.25) is 0 Å². The van der Waals surface area contributed by atoms with Gasteiger partial charge in [0.25, 0.3) is 0 Å². The van der Waals surface area contributed by atoms with Crippen molar-refractivity contribution in [3.05, 3.63) is 35.9 Å². The molecule has 0 saturated heterocycles. The van der Waals surface area contributed by atoms with Gasteiger partial charge in [0.15, 0.2) is 0 Å². The number of nitriles is 1. The number of halogens is 3. The first-order valence-corrected chi connectivity index (χ1v) is 6.60. The van der Waals surface area contributed by atoms with Crippen LogP contribution in [-0.2, 0) is 0 Å². The molecule has 6 heteroatoms. The van der Waals surface area contributed by atoms with Crippen molar-refractivity contribution in [2.75, 3.05) is 11.9 Å². The smallest absolute Gasteiger partial charge is 0.370 e. The molecule has 0 aliphatic rings. The van der Waals surface area contributed by atoms with E-state index in [0.29, 0.717) is 29.9 Å². The Bertz CT molecular complexity index is 659. The van der Waals surface area contributed by atoms with Crippen LogP contribution in [0.3, 0.4) is 0 Å². The van der Waals surface area contributed by atoms with Gasteiger partial charge in [0.1, 0.15) is 5.82 Å². The number of aromatic nitrogens is 1. The maximum absolute atomic E-state index is 12.0. The zero-order chi connectivity index (χ0) is 15.3. The molecule has 0 amide bonds. The molecule has 0 aliphatic carbocycles. The predicted octanol–water partition coefficient (Wildman–Crippen LogP) is 4.25. The average molecular weight is 293 g/mol. The standard InChI is InChI=1S/C15H14F3N3/c16-15(17,18)7-3-4-8-20-14-9-11(10-19)12-5-1-2-6-13(12)21-14/h1-2,5-6,9H,3-4,7-8H2,(H,20,21). The van der Waals surface area contributed by atoms with Crippen LogP contribution in [0.5, 0.6) is 0 Å². The Balaban J connectivity index is 1.98. The van der Waals surface area contributed by atoms with E-state index >= 15 is 0 Å². The molecule has 0 atom stereocenters. The van der Waals surface area contributed by atoms with Crippen molar-refractivity contribution >= 4 is 16.7 Å². The Hall–Kier alpha value is -2.29. The second kappa shape index (κ2) is 6.44. The van der Waals surface area contributed by atoms with Crippen molar-refractivity contribution in [3.8, 4) is 6.07 Å². The summed E-state index contributed by atoms with van der Waals surface area (Å²) in [5, 5.41) is 12.9. The third-order valence-electron chi connectivity index (χ3n) is 3.03. The summed E-state index contributed by atoms with van der Waals surface area (Å²) in [5.41, 5.74) is 1.19. The SMILES string of the molecule is N#Cc1cc(NCCCCC(F)(F)F)nc2ccccc12. The van der Waals surface area contributed by atoms with E-state index in [1.165, 1.54) is 0 Å². The molecular formula is C15H14F3N3. The van der Waals surface area contributed by atoms with Gasteiger partial charge in [-0.2, -0.15) is 18.4 Å². The van der Waals surface area contributed by atoms with Gasteiger partial charge in [0, 0.05) is 18.4 Å². The fraction of sp³-hybridized carbons (Fsp3) is 0.333. The first-order chi connectivity index (χ1) is 9.99. The lowest BCUT2D eigenvalue weighted by molar-refractivity contribution is -0.135. The van der Waals surface area contributed by atoms with Crippen LogP contribution in [0.25, 0.3) is 10.9 Å². The lowest BCUT2D eigenvalue weighted by Gasteiger charge is -2.09. The van der Waals surface area contributed by atoms with Crippen LogP contribution in [0, 0.1) is 11.3 Å². The number of fused-ring (bicyclic) bond motifs is 1. The lowest BCUT2D eigenvalue weighted by Crippen LogP contribution is -2.09. The van der Waals surface area contributed by atoms with Gasteiger partial charge in [0.2, 0.25) is 0 Å². The Morgan fingerprint density at radius 3 is 2.67 bits per heavy atom. The molecular weight excluding hydrogens is 279 g/mol.